The molecule has 0 aromatic carbocycles. The molecule has 25 heavy (non-hydrogen) atoms. The zero-order valence-electron chi connectivity index (χ0n) is 14.4. The van der Waals surface area contributed by atoms with Gasteiger partial charge in [0.2, 0.25) is 11.0 Å². The number of hydrogen-bond donors (Lipinski definition) is 1. The minimum Gasteiger partial charge on any atom is -0.305 e. The predicted octanol–water partition coefficient (Wildman–Crippen LogP) is 3.31. The van der Waals surface area contributed by atoms with Gasteiger partial charge in [-0.15, -0.1) is 31.7 Å². The van der Waals surface area contributed by atoms with Gasteiger partial charge in [-0.1, -0.05) is 30.0 Å². The summed E-state index contributed by atoms with van der Waals surface area (Å²) in [5.41, 5.74) is 2.31. The summed E-state index contributed by atoms with van der Waals surface area (Å²) in [5, 5.41) is 23.4. The smallest absolute Gasteiger partial charge is 0.236 e. The first kappa shape index (κ1) is 18.0. The van der Waals surface area contributed by atoms with Crippen molar-refractivity contribution < 1.29 is 4.79 Å². The molecule has 3 aromatic heterocycles. The van der Waals surface area contributed by atoms with Gasteiger partial charge in [-0.2, -0.15) is 0 Å². The van der Waals surface area contributed by atoms with Crippen LogP contribution in [0.2, 0.25) is 0 Å². The van der Waals surface area contributed by atoms with Crippen molar-refractivity contribution in [1.29, 1.82) is 0 Å². The third-order valence-electron chi connectivity index (χ3n) is 3.71. The monoisotopic (exact) mass is 394 g/mol. The normalized spacial score (nSPS) is 11.0. The molecule has 0 radical (unpaired) electrons. The zero-order chi connectivity index (χ0) is 18.0. The molecule has 10 heteroatoms. The van der Waals surface area contributed by atoms with Crippen LogP contribution in [-0.2, 0) is 18.3 Å². The van der Waals surface area contributed by atoms with Crippen molar-refractivity contribution in [1.82, 2.24) is 25.0 Å². The number of aryl methyl sites for hydroxylation is 2. The summed E-state index contributed by atoms with van der Waals surface area (Å²) in [6, 6.07) is 0. The Hall–Kier alpha value is -1.78. The summed E-state index contributed by atoms with van der Waals surface area (Å²) in [6.45, 7) is 6.18. The van der Waals surface area contributed by atoms with Gasteiger partial charge in [-0.3, -0.25) is 10.1 Å². The van der Waals surface area contributed by atoms with E-state index in [1.165, 1.54) is 33.5 Å². The molecule has 0 fully saturated rings. The fraction of sp³-hybridized carbons (Fsp3) is 0.400. The number of aromatic nitrogens is 5. The first-order valence-electron chi connectivity index (χ1n) is 7.69. The van der Waals surface area contributed by atoms with Crippen LogP contribution in [0.25, 0.3) is 11.4 Å². The molecule has 7 nitrogen and oxygen atoms in total. The van der Waals surface area contributed by atoms with Gasteiger partial charge in [0.1, 0.15) is 5.01 Å². The number of thiophene rings is 1. The molecule has 0 spiro atoms. The second-order valence-electron chi connectivity index (χ2n) is 5.39. The van der Waals surface area contributed by atoms with Crippen LogP contribution in [0.15, 0.2) is 10.5 Å². The fourth-order valence-corrected chi connectivity index (χ4v) is 4.41. The van der Waals surface area contributed by atoms with Gasteiger partial charge in [0.15, 0.2) is 11.0 Å². The lowest BCUT2D eigenvalue weighted by Crippen LogP contribution is -2.14. The van der Waals surface area contributed by atoms with E-state index in [0.29, 0.717) is 10.3 Å². The largest absolute Gasteiger partial charge is 0.305 e. The summed E-state index contributed by atoms with van der Waals surface area (Å²) in [6.07, 6.45) is 0.811. The average molecular weight is 395 g/mol. The molecule has 0 aliphatic carbocycles. The number of amides is 1. The molecule has 0 saturated carbocycles. The van der Waals surface area contributed by atoms with Crippen LogP contribution < -0.4 is 5.32 Å². The Bertz CT molecular complexity index is 897. The lowest BCUT2D eigenvalue weighted by molar-refractivity contribution is -0.113. The molecule has 1 amide bonds. The van der Waals surface area contributed by atoms with Crippen molar-refractivity contribution >= 4 is 45.5 Å². The molecule has 0 atom stereocenters. The number of nitrogens with zero attached hydrogens (tertiary/aromatic N) is 5. The van der Waals surface area contributed by atoms with Gasteiger partial charge in [0.25, 0.3) is 0 Å². The van der Waals surface area contributed by atoms with E-state index in [2.05, 4.69) is 44.9 Å². The lowest BCUT2D eigenvalue weighted by Gasteiger charge is -2.04. The van der Waals surface area contributed by atoms with Gasteiger partial charge >= 0.3 is 0 Å². The first-order valence-corrected chi connectivity index (χ1v) is 10.4. The molecular weight excluding hydrogens is 376 g/mol. The number of nitrogens with one attached hydrogen (secondary N) is 1. The number of rotatable bonds is 6. The molecule has 0 saturated heterocycles. The van der Waals surface area contributed by atoms with Gasteiger partial charge < -0.3 is 4.57 Å². The average Bonchev–Trinajstić information content (AvgIpc) is 3.27. The Morgan fingerprint density at radius 3 is 2.72 bits per heavy atom. The Morgan fingerprint density at radius 1 is 1.28 bits per heavy atom. The quantitative estimate of drug-likeness (QED) is 0.646. The van der Waals surface area contributed by atoms with Crippen LogP contribution in [0.3, 0.4) is 0 Å². The minimum atomic E-state index is -0.129. The van der Waals surface area contributed by atoms with E-state index in [0.717, 1.165) is 22.8 Å². The van der Waals surface area contributed by atoms with Crippen molar-refractivity contribution in [3.63, 3.8) is 0 Å². The van der Waals surface area contributed by atoms with Crippen molar-refractivity contribution in [2.75, 3.05) is 11.1 Å². The number of anilines is 1. The molecule has 0 bridgehead atoms. The van der Waals surface area contributed by atoms with E-state index in [4.69, 9.17) is 0 Å². The van der Waals surface area contributed by atoms with Gasteiger partial charge in [-0.05, 0) is 25.8 Å². The molecule has 3 aromatic rings. The summed E-state index contributed by atoms with van der Waals surface area (Å²) < 4.78 is 1.92. The van der Waals surface area contributed by atoms with Gasteiger partial charge in [0, 0.05) is 22.9 Å². The highest BCUT2D eigenvalue weighted by atomic mass is 32.2. The van der Waals surface area contributed by atoms with E-state index < -0.39 is 0 Å². The summed E-state index contributed by atoms with van der Waals surface area (Å²) in [7, 11) is 1.92. The van der Waals surface area contributed by atoms with Crippen molar-refractivity contribution in [2.45, 2.75) is 32.3 Å². The fourth-order valence-electron chi connectivity index (χ4n) is 2.14. The zero-order valence-corrected chi connectivity index (χ0v) is 16.8. The van der Waals surface area contributed by atoms with Crippen LogP contribution in [0.5, 0.6) is 0 Å². The number of hydrogen-bond acceptors (Lipinski definition) is 8. The molecule has 0 aliphatic rings. The first-order chi connectivity index (χ1) is 12.0. The Kier molecular flexibility index (Phi) is 5.50. The lowest BCUT2D eigenvalue weighted by atomic mass is 10.2. The molecule has 0 unspecified atom stereocenters. The summed E-state index contributed by atoms with van der Waals surface area (Å²) >= 11 is 4.45. The number of thioether (sulfide) groups is 1. The summed E-state index contributed by atoms with van der Waals surface area (Å²) in [5.74, 6) is 0.937. The van der Waals surface area contributed by atoms with Crippen LogP contribution in [0, 0.1) is 13.8 Å². The van der Waals surface area contributed by atoms with E-state index >= 15 is 0 Å². The highest BCUT2D eigenvalue weighted by Gasteiger charge is 2.16. The Morgan fingerprint density at radius 2 is 2.08 bits per heavy atom. The maximum Gasteiger partial charge on any atom is 0.236 e. The summed E-state index contributed by atoms with van der Waals surface area (Å²) in [4.78, 5) is 13.4. The third-order valence-corrected chi connectivity index (χ3v) is 6.73. The van der Waals surface area contributed by atoms with Crippen molar-refractivity contribution in [3.05, 3.63) is 20.8 Å². The van der Waals surface area contributed by atoms with Crippen LogP contribution in [0.1, 0.15) is 22.4 Å². The van der Waals surface area contributed by atoms with E-state index in [1.807, 2.05) is 18.5 Å². The maximum absolute atomic E-state index is 12.1. The van der Waals surface area contributed by atoms with Crippen LogP contribution in [-0.4, -0.2) is 36.6 Å². The Labute approximate surface area is 157 Å². The SMILES string of the molecule is CCc1nnc(NC(=O)CSc2nnc(-c3csc(C)c3C)n2C)s1. The van der Waals surface area contributed by atoms with Crippen LogP contribution in [0.4, 0.5) is 5.13 Å². The van der Waals surface area contributed by atoms with Gasteiger partial charge in [0.05, 0.1) is 5.75 Å². The highest BCUT2D eigenvalue weighted by molar-refractivity contribution is 7.99. The second kappa shape index (κ2) is 7.63. The molecule has 1 N–H and O–H groups in total. The Balaban J connectivity index is 1.64. The topological polar surface area (TPSA) is 85.6 Å². The van der Waals surface area contributed by atoms with Gasteiger partial charge in [-0.25, -0.2) is 0 Å². The predicted molar refractivity (Wildman–Crippen MR) is 102 cm³/mol. The van der Waals surface area contributed by atoms with Crippen molar-refractivity contribution in [3.8, 4) is 11.4 Å². The molecule has 132 valence electrons. The molecular formula is C15H18N6OS3. The maximum atomic E-state index is 12.1. The number of carbonyl (C=O) groups excluding carboxylic acids is 1. The van der Waals surface area contributed by atoms with E-state index in [-0.39, 0.29) is 11.7 Å². The molecule has 3 heterocycles. The molecule has 0 aliphatic heterocycles. The number of carbonyl (C=O) groups is 1. The highest BCUT2D eigenvalue weighted by Crippen LogP contribution is 2.30. The minimum absolute atomic E-state index is 0.129. The van der Waals surface area contributed by atoms with Crippen molar-refractivity contribution in [2.24, 2.45) is 7.05 Å². The van der Waals surface area contributed by atoms with E-state index in [9.17, 15) is 4.79 Å². The molecule has 3 rings (SSSR count). The third kappa shape index (κ3) is 3.91. The van der Waals surface area contributed by atoms with Crippen LogP contribution >= 0.6 is 34.4 Å². The standard InChI is InChI=1S/C15H18N6OS3/c1-5-12-17-19-14(25-12)16-11(22)7-24-15-20-18-13(21(15)4)10-6-23-9(3)8(10)2/h6H,5,7H2,1-4H3,(H,16,19,22). The second-order valence-corrected chi connectivity index (χ2v) is 8.48. The van der Waals surface area contributed by atoms with E-state index in [1.54, 1.807) is 11.3 Å².